The first-order chi connectivity index (χ1) is 27.6. The summed E-state index contributed by atoms with van der Waals surface area (Å²) in [6.07, 6.45) is 6.30. The van der Waals surface area contributed by atoms with Gasteiger partial charge in [-0.05, 0) is 87.6 Å². The molecule has 0 radical (unpaired) electrons. The molecule has 2 N–H and O–H groups in total. The van der Waals surface area contributed by atoms with E-state index in [0.29, 0.717) is 36.4 Å². The van der Waals surface area contributed by atoms with Crippen LogP contribution in [0.2, 0.25) is 5.02 Å². The molecule has 14 heteroatoms. The summed E-state index contributed by atoms with van der Waals surface area (Å²) in [5.41, 5.74) is 5.20. The summed E-state index contributed by atoms with van der Waals surface area (Å²) in [5, 5.41) is 15.6. The van der Waals surface area contributed by atoms with Crippen molar-refractivity contribution in [2.24, 2.45) is 4.99 Å². The fourth-order valence-corrected chi connectivity index (χ4v) is 8.38. The summed E-state index contributed by atoms with van der Waals surface area (Å²) >= 11 is 7.90. The van der Waals surface area contributed by atoms with Crippen LogP contribution in [0.1, 0.15) is 104 Å². The number of halogens is 1. The molecular formula is C43H43ClN6O6S. The third-order valence-corrected chi connectivity index (χ3v) is 11.6. The first-order valence-electron chi connectivity index (χ1n) is 19.1. The first-order valence-corrected chi connectivity index (χ1v) is 20.3. The van der Waals surface area contributed by atoms with E-state index in [1.807, 2.05) is 60.0 Å². The van der Waals surface area contributed by atoms with Gasteiger partial charge < -0.3 is 14.8 Å². The second kappa shape index (κ2) is 17.7. The third kappa shape index (κ3) is 8.90. The van der Waals surface area contributed by atoms with E-state index in [1.54, 1.807) is 23.5 Å². The molecule has 0 unspecified atom stereocenters. The highest BCUT2D eigenvalue weighted by molar-refractivity contribution is 7.15. The third-order valence-electron chi connectivity index (χ3n) is 10.1. The highest BCUT2D eigenvalue weighted by Gasteiger charge is 2.34. The Kier molecular flexibility index (Phi) is 12.4. The predicted molar refractivity (Wildman–Crippen MR) is 218 cm³/mol. The van der Waals surface area contributed by atoms with Crippen molar-refractivity contribution in [2.45, 2.75) is 71.8 Å². The number of hydrogen-bond acceptors (Lipinski definition) is 10. The Labute approximate surface area is 339 Å². The van der Waals surface area contributed by atoms with E-state index in [-0.39, 0.29) is 29.2 Å². The van der Waals surface area contributed by atoms with Gasteiger partial charge in [-0.25, -0.2) is 0 Å². The highest BCUT2D eigenvalue weighted by Crippen LogP contribution is 2.39. The molecule has 294 valence electrons. The van der Waals surface area contributed by atoms with Crippen LogP contribution in [0.4, 0.5) is 0 Å². The number of ether oxygens (including phenoxy) is 2. The Morgan fingerprint density at radius 2 is 1.63 bits per heavy atom. The average molecular weight is 807 g/mol. The molecule has 12 nitrogen and oxygen atoms in total. The number of benzene rings is 3. The van der Waals surface area contributed by atoms with Gasteiger partial charge >= 0.3 is 0 Å². The van der Waals surface area contributed by atoms with Crippen molar-refractivity contribution in [3.8, 4) is 16.5 Å². The number of aryl methyl sites for hydroxylation is 3. The van der Waals surface area contributed by atoms with Crippen molar-refractivity contribution in [3.05, 3.63) is 122 Å². The molecule has 3 aromatic carbocycles. The number of amides is 3. The Balaban J connectivity index is 0.809. The van der Waals surface area contributed by atoms with E-state index in [9.17, 15) is 19.2 Å². The van der Waals surface area contributed by atoms with Crippen molar-refractivity contribution >= 4 is 52.2 Å². The number of nitrogens with zero attached hydrogens (tertiary/aromatic N) is 4. The fourth-order valence-electron chi connectivity index (χ4n) is 7.04. The number of aromatic nitrogens is 3. The number of carbonyl (C=O) groups excluding carboxylic acids is 4. The molecule has 1 atom stereocenters. The lowest BCUT2D eigenvalue weighted by molar-refractivity contribution is -0.121. The lowest BCUT2D eigenvalue weighted by atomic mass is 9.98. The molecule has 2 aliphatic heterocycles. The summed E-state index contributed by atoms with van der Waals surface area (Å²) < 4.78 is 13.8. The van der Waals surface area contributed by atoms with Gasteiger partial charge in [-0.3, -0.25) is 34.1 Å². The fraction of sp³-hybridized carbons (Fsp3) is 0.326. The number of hydrogen-bond donors (Lipinski definition) is 2. The SMILES string of the molecule is Cc1sc2c(c1C)C(c1ccc(Cl)cc1)=N[C@@H](CC(=O)NCCOCCCCCCCc1ccc(Oc3cccc4c3C(=O)NC(=O)C4=O)cc1)c1nnc(C)n1-2. The molecule has 0 aliphatic carbocycles. The number of Topliss-reactive ketones (excluding diaryl/α,β-unsaturated/α-hetero) is 1. The zero-order chi connectivity index (χ0) is 40.1. The minimum atomic E-state index is -0.935. The van der Waals surface area contributed by atoms with Crippen LogP contribution in [0.3, 0.4) is 0 Å². The van der Waals surface area contributed by atoms with Gasteiger partial charge in [-0.15, -0.1) is 21.5 Å². The maximum absolute atomic E-state index is 13.2. The van der Waals surface area contributed by atoms with Crippen LogP contribution < -0.4 is 15.4 Å². The van der Waals surface area contributed by atoms with Gasteiger partial charge in [0.15, 0.2) is 5.82 Å². The Morgan fingerprint density at radius 1 is 0.877 bits per heavy atom. The second-order valence-corrected chi connectivity index (χ2v) is 15.8. The minimum Gasteiger partial charge on any atom is -0.457 e. The van der Waals surface area contributed by atoms with Crippen molar-refractivity contribution in [3.63, 3.8) is 0 Å². The van der Waals surface area contributed by atoms with Gasteiger partial charge in [0.1, 0.15) is 28.4 Å². The van der Waals surface area contributed by atoms with Crippen LogP contribution >= 0.6 is 22.9 Å². The number of aliphatic imine (C=N–C) groups is 1. The number of unbranched alkanes of at least 4 members (excludes halogenated alkanes) is 4. The molecule has 57 heavy (non-hydrogen) atoms. The van der Waals surface area contributed by atoms with Crippen molar-refractivity contribution < 1.29 is 28.7 Å². The Hall–Kier alpha value is -5.50. The molecule has 4 heterocycles. The average Bonchev–Trinajstić information content (AvgIpc) is 3.68. The van der Waals surface area contributed by atoms with Crippen LogP contribution in [-0.4, -0.2) is 63.7 Å². The Morgan fingerprint density at radius 3 is 2.42 bits per heavy atom. The molecule has 3 amide bonds. The summed E-state index contributed by atoms with van der Waals surface area (Å²) in [6, 6.07) is 19.4. The standard InChI is InChI=1S/C43H43ClN6O6S/c1-25-26(2)57-43-36(25)38(29-15-17-30(44)18-16-29)46-33(40-49-48-27(3)50(40)43)24-35(51)45-21-23-55-22-8-6-4-5-7-10-28-13-19-31(20-14-28)56-34-12-9-11-32-37(34)41(53)47-42(54)39(32)52/h9,11-20,33H,4-8,10,21-24H2,1-3H3,(H,45,51)(H,47,53,54)/t33-/m0/s1. The van der Waals surface area contributed by atoms with Gasteiger partial charge in [0, 0.05) is 39.7 Å². The van der Waals surface area contributed by atoms with Gasteiger partial charge in [0.2, 0.25) is 5.91 Å². The number of ketones is 1. The first kappa shape index (κ1) is 39.7. The van der Waals surface area contributed by atoms with E-state index in [2.05, 4.69) is 34.7 Å². The van der Waals surface area contributed by atoms with Crippen LogP contribution in [0.15, 0.2) is 71.7 Å². The van der Waals surface area contributed by atoms with Crippen molar-refractivity contribution in [1.82, 2.24) is 25.4 Å². The zero-order valence-electron chi connectivity index (χ0n) is 32.0. The largest absolute Gasteiger partial charge is 0.457 e. The number of rotatable bonds is 16. The van der Waals surface area contributed by atoms with E-state index >= 15 is 0 Å². The summed E-state index contributed by atoms with van der Waals surface area (Å²) in [5.74, 6) is -0.316. The molecular weight excluding hydrogens is 764 g/mol. The minimum absolute atomic E-state index is 0.0429. The summed E-state index contributed by atoms with van der Waals surface area (Å²) in [7, 11) is 0. The summed E-state index contributed by atoms with van der Waals surface area (Å²) in [6.45, 7) is 7.60. The molecule has 7 rings (SSSR count). The number of carbonyl (C=O) groups is 4. The molecule has 0 bridgehead atoms. The molecule has 5 aromatic rings. The number of thiophene rings is 1. The lowest BCUT2D eigenvalue weighted by Crippen LogP contribution is -2.42. The maximum atomic E-state index is 13.2. The van der Waals surface area contributed by atoms with E-state index in [1.165, 1.54) is 16.5 Å². The van der Waals surface area contributed by atoms with Crippen LogP contribution in [-0.2, 0) is 20.7 Å². The van der Waals surface area contributed by atoms with Crippen LogP contribution in [0, 0.1) is 20.8 Å². The predicted octanol–water partition coefficient (Wildman–Crippen LogP) is 7.76. The van der Waals surface area contributed by atoms with Crippen LogP contribution in [0.5, 0.6) is 11.5 Å². The molecule has 0 spiro atoms. The lowest BCUT2D eigenvalue weighted by Gasteiger charge is -2.17. The number of nitrogens with one attached hydrogen (secondary N) is 2. The molecule has 0 saturated carbocycles. The van der Waals surface area contributed by atoms with Crippen molar-refractivity contribution in [2.75, 3.05) is 19.8 Å². The normalized spacial score (nSPS) is 14.6. The molecule has 2 aliphatic rings. The Bertz CT molecular complexity index is 2350. The maximum Gasteiger partial charge on any atom is 0.299 e. The molecule has 2 aromatic heterocycles. The molecule has 0 saturated heterocycles. The summed E-state index contributed by atoms with van der Waals surface area (Å²) in [4.78, 5) is 55.8. The number of fused-ring (bicyclic) bond motifs is 4. The van der Waals surface area contributed by atoms with Gasteiger partial charge in [-0.2, -0.15) is 0 Å². The quantitative estimate of drug-likeness (QED) is 0.0583. The number of imide groups is 1. The van der Waals surface area contributed by atoms with E-state index in [4.69, 9.17) is 26.1 Å². The monoisotopic (exact) mass is 806 g/mol. The zero-order valence-corrected chi connectivity index (χ0v) is 33.6. The topological polar surface area (TPSA) is 154 Å². The second-order valence-electron chi connectivity index (χ2n) is 14.1. The van der Waals surface area contributed by atoms with E-state index < -0.39 is 23.6 Å². The van der Waals surface area contributed by atoms with E-state index in [0.717, 1.165) is 71.8 Å². The van der Waals surface area contributed by atoms with Gasteiger partial charge in [0.25, 0.3) is 17.6 Å². The van der Waals surface area contributed by atoms with Gasteiger partial charge in [-0.1, -0.05) is 61.2 Å². The molecule has 0 fully saturated rings. The highest BCUT2D eigenvalue weighted by atomic mass is 35.5. The van der Waals surface area contributed by atoms with Crippen LogP contribution in [0.25, 0.3) is 5.00 Å². The van der Waals surface area contributed by atoms with Gasteiger partial charge in [0.05, 0.1) is 24.3 Å². The van der Waals surface area contributed by atoms with Crippen molar-refractivity contribution in [1.29, 1.82) is 0 Å². The smallest absolute Gasteiger partial charge is 0.299 e.